The zero-order valence-electron chi connectivity index (χ0n) is 16.3. The number of H-pyrrole nitrogens is 1. The van der Waals surface area contributed by atoms with Crippen molar-refractivity contribution in [2.75, 3.05) is 17.3 Å². The molecule has 0 aliphatic rings. The van der Waals surface area contributed by atoms with Crippen molar-refractivity contribution in [1.29, 1.82) is 0 Å². The third kappa shape index (κ3) is 3.73. The lowest BCUT2D eigenvalue weighted by Gasteiger charge is -2.19. The molecule has 2 aromatic carbocycles. The zero-order valence-corrected chi connectivity index (χ0v) is 17.1. The minimum absolute atomic E-state index is 0.340. The molecule has 0 saturated carbocycles. The maximum absolute atomic E-state index is 13.2. The van der Waals surface area contributed by atoms with Crippen LogP contribution in [0.15, 0.2) is 70.4 Å². The Hall–Kier alpha value is -3.39. The molecule has 4 rings (SSSR count). The van der Waals surface area contributed by atoms with Gasteiger partial charge in [-0.15, -0.1) is 0 Å². The predicted molar refractivity (Wildman–Crippen MR) is 121 cm³/mol. The van der Waals surface area contributed by atoms with Crippen LogP contribution in [0.5, 0.6) is 0 Å². The van der Waals surface area contributed by atoms with Gasteiger partial charge in [-0.1, -0.05) is 30.3 Å². The van der Waals surface area contributed by atoms with Gasteiger partial charge in [-0.3, -0.25) is 14.6 Å². The second kappa shape index (κ2) is 8.54. The van der Waals surface area contributed by atoms with E-state index >= 15 is 0 Å². The molecular formula is C22H20N4O3S. The SMILES string of the molecule is CSCC[C@@H](C(=O)Nc1cccc2cccnc12)n1c(=O)[nH]c2ccccc2c1=O. The van der Waals surface area contributed by atoms with Crippen LogP contribution < -0.4 is 16.6 Å². The number of pyridine rings is 1. The number of rotatable bonds is 6. The third-order valence-corrected chi connectivity index (χ3v) is 5.58. The molecule has 0 aliphatic carbocycles. The first-order valence-electron chi connectivity index (χ1n) is 9.47. The standard InChI is InChI=1S/C22H20N4O3S/c1-30-13-11-18(26-21(28)15-8-2-3-9-16(15)25-22(26)29)20(27)24-17-10-4-6-14-7-5-12-23-19(14)17/h2-10,12,18H,11,13H2,1H3,(H,24,27)(H,25,29)/t18-/m0/s1. The van der Waals surface area contributed by atoms with Gasteiger partial charge in [-0.05, 0) is 42.7 Å². The lowest BCUT2D eigenvalue weighted by atomic mass is 10.1. The van der Waals surface area contributed by atoms with Gasteiger partial charge in [0.2, 0.25) is 5.91 Å². The monoisotopic (exact) mass is 420 g/mol. The fraction of sp³-hybridized carbons (Fsp3) is 0.182. The summed E-state index contributed by atoms with van der Waals surface area (Å²) in [6, 6.07) is 15.0. The number of aromatic amines is 1. The molecule has 0 fully saturated rings. The number of aromatic nitrogens is 3. The average molecular weight is 420 g/mol. The van der Waals surface area contributed by atoms with Crippen molar-refractivity contribution in [2.45, 2.75) is 12.5 Å². The number of hydrogen-bond acceptors (Lipinski definition) is 5. The molecule has 0 aliphatic heterocycles. The molecule has 0 saturated heterocycles. The minimum atomic E-state index is -0.947. The molecular weight excluding hydrogens is 400 g/mol. The molecule has 2 aromatic heterocycles. The molecule has 1 atom stereocenters. The highest BCUT2D eigenvalue weighted by Gasteiger charge is 2.25. The molecule has 2 N–H and O–H groups in total. The number of hydrogen-bond donors (Lipinski definition) is 2. The number of nitrogens with one attached hydrogen (secondary N) is 2. The lowest BCUT2D eigenvalue weighted by Crippen LogP contribution is -2.43. The van der Waals surface area contributed by atoms with Gasteiger partial charge in [-0.2, -0.15) is 11.8 Å². The van der Waals surface area contributed by atoms with Gasteiger partial charge in [0.05, 0.1) is 22.1 Å². The van der Waals surface area contributed by atoms with Gasteiger partial charge < -0.3 is 10.3 Å². The Bertz CT molecular complexity index is 1340. The second-order valence-electron chi connectivity index (χ2n) is 6.82. The van der Waals surface area contributed by atoms with E-state index in [9.17, 15) is 14.4 Å². The summed E-state index contributed by atoms with van der Waals surface area (Å²) < 4.78 is 1.02. The lowest BCUT2D eigenvalue weighted by molar-refractivity contribution is -0.119. The van der Waals surface area contributed by atoms with Crippen LogP contribution in [0.2, 0.25) is 0 Å². The highest BCUT2D eigenvalue weighted by atomic mass is 32.2. The van der Waals surface area contributed by atoms with E-state index in [0.717, 1.165) is 9.95 Å². The molecule has 1 amide bonds. The van der Waals surface area contributed by atoms with E-state index < -0.39 is 23.2 Å². The summed E-state index contributed by atoms with van der Waals surface area (Å²) in [5.41, 5.74) is 0.558. The van der Waals surface area contributed by atoms with Gasteiger partial charge in [-0.25, -0.2) is 9.36 Å². The van der Waals surface area contributed by atoms with Gasteiger partial charge in [0, 0.05) is 11.6 Å². The smallest absolute Gasteiger partial charge is 0.322 e. The summed E-state index contributed by atoms with van der Waals surface area (Å²) in [5.74, 6) is 0.190. The summed E-state index contributed by atoms with van der Waals surface area (Å²) in [6.07, 6.45) is 3.91. The van der Waals surface area contributed by atoms with Crippen LogP contribution in [0.1, 0.15) is 12.5 Å². The topological polar surface area (TPSA) is 96.8 Å². The van der Waals surface area contributed by atoms with Gasteiger partial charge in [0.25, 0.3) is 5.56 Å². The number of anilines is 1. The highest BCUT2D eigenvalue weighted by Crippen LogP contribution is 2.23. The van der Waals surface area contributed by atoms with Crippen molar-refractivity contribution in [3.05, 3.63) is 81.6 Å². The molecule has 2 heterocycles. The zero-order chi connectivity index (χ0) is 21.1. The maximum atomic E-state index is 13.2. The molecule has 152 valence electrons. The van der Waals surface area contributed by atoms with E-state index in [1.165, 1.54) is 0 Å². The number of amides is 1. The van der Waals surface area contributed by atoms with Crippen LogP contribution in [0.3, 0.4) is 0 Å². The van der Waals surface area contributed by atoms with Crippen LogP contribution in [-0.2, 0) is 4.79 Å². The van der Waals surface area contributed by atoms with Crippen molar-refractivity contribution >= 4 is 45.2 Å². The molecule has 8 heteroatoms. The van der Waals surface area contributed by atoms with Crippen LogP contribution in [0.25, 0.3) is 21.8 Å². The first-order valence-corrected chi connectivity index (χ1v) is 10.9. The molecule has 30 heavy (non-hydrogen) atoms. The number of nitrogens with zero attached hydrogens (tertiary/aromatic N) is 2. The quantitative estimate of drug-likeness (QED) is 0.499. The Morgan fingerprint density at radius 3 is 2.77 bits per heavy atom. The van der Waals surface area contributed by atoms with Gasteiger partial charge in [0.15, 0.2) is 0 Å². The van der Waals surface area contributed by atoms with Crippen molar-refractivity contribution in [1.82, 2.24) is 14.5 Å². The number of para-hydroxylation sites is 2. The summed E-state index contributed by atoms with van der Waals surface area (Å²) in [7, 11) is 0. The molecule has 4 aromatic rings. The Morgan fingerprint density at radius 1 is 1.13 bits per heavy atom. The van der Waals surface area contributed by atoms with Crippen molar-refractivity contribution in [3.8, 4) is 0 Å². The van der Waals surface area contributed by atoms with Crippen LogP contribution in [-0.4, -0.2) is 32.5 Å². The maximum Gasteiger partial charge on any atom is 0.329 e. The summed E-state index contributed by atoms with van der Waals surface area (Å²) in [5, 5.41) is 4.12. The second-order valence-corrected chi connectivity index (χ2v) is 7.80. The number of benzene rings is 2. The van der Waals surface area contributed by atoms with Crippen molar-refractivity contribution in [3.63, 3.8) is 0 Å². The summed E-state index contributed by atoms with van der Waals surface area (Å²) in [6.45, 7) is 0. The number of carbonyl (C=O) groups excluding carboxylic acids is 1. The molecule has 7 nitrogen and oxygen atoms in total. The fourth-order valence-corrected chi connectivity index (χ4v) is 3.95. The number of carbonyl (C=O) groups is 1. The number of thioether (sulfide) groups is 1. The molecule has 0 spiro atoms. The van der Waals surface area contributed by atoms with Crippen LogP contribution in [0.4, 0.5) is 5.69 Å². The molecule has 0 unspecified atom stereocenters. The Morgan fingerprint density at radius 2 is 1.93 bits per heavy atom. The van der Waals surface area contributed by atoms with E-state index in [1.807, 2.05) is 30.5 Å². The summed E-state index contributed by atoms with van der Waals surface area (Å²) >= 11 is 1.55. The van der Waals surface area contributed by atoms with Gasteiger partial charge in [0.1, 0.15) is 6.04 Å². The van der Waals surface area contributed by atoms with E-state index in [0.29, 0.717) is 34.3 Å². The van der Waals surface area contributed by atoms with Crippen molar-refractivity contribution < 1.29 is 4.79 Å². The first-order chi connectivity index (χ1) is 14.6. The Labute approximate surface area is 176 Å². The number of fused-ring (bicyclic) bond motifs is 2. The molecule has 0 bridgehead atoms. The van der Waals surface area contributed by atoms with E-state index in [4.69, 9.17) is 0 Å². The van der Waals surface area contributed by atoms with Gasteiger partial charge >= 0.3 is 5.69 Å². The average Bonchev–Trinajstić information content (AvgIpc) is 2.76. The largest absolute Gasteiger partial charge is 0.329 e. The third-order valence-electron chi connectivity index (χ3n) is 4.94. The Balaban J connectivity index is 1.78. The molecule has 0 radical (unpaired) electrons. The van der Waals surface area contributed by atoms with Crippen molar-refractivity contribution in [2.24, 2.45) is 0 Å². The minimum Gasteiger partial charge on any atom is -0.322 e. The Kier molecular flexibility index (Phi) is 5.67. The fourth-order valence-electron chi connectivity index (χ4n) is 3.49. The normalized spacial score (nSPS) is 12.2. The van der Waals surface area contributed by atoms with Crippen LogP contribution in [0, 0.1) is 0 Å². The van der Waals surface area contributed by atoms with E-state index in [1.54, 1.807) is 48.3 Å². The van der Waals surface area contributed by atoms with E-state index in [-0.39, 0.29) is 0 Å². The summed E-state index contributed by atoms with van der Waals surface area (Å²) in [4.78, 5) is 46.1. The first kappa shape index (κ1) is 19.9. The highest BCUT2D eigenvalue weighted by molar-refractivity contribution is 7.98. The predicted octanol–water partition coefficient (Wildman–Crippen LogP) is 3.17. The van der Waals surface area contributed by atoms with E-state index in [2.05, 4.69) is 15.3 Å². The van der Waals surface area contributed by atoms with Crippen LogP contribution >= 0.6 is 11.8 Å².